The lowest BCUT2D eigenvalue weighted by molar-refractivity contribution is -0.127. The highest BCUT2D eigenvalue weighted by molar-refractivity contribution is 9.10. The molecule has 0 unspecified atom stereocenters. The standard InChI is InChI=1S/C16H21BrN2O5S/c1-23-14-5-3-13(15(11-14)24-2)4-6-16(20)18-7-9-19(10-8-18)25(21,22)12-17/h3-6,11H,7-10,12H2,1-2H3/b6-4+. The molecule has 7 nitrogen and oxygen atoms in total. The Balaban J connectivity index is 2.00. The van der Waals surface area contributed by atoms with Crippen molar-refractivity contribution >= 4 is 37.9 Å². The fourth-order valence-corrected chi connectivity index (χ4v) is 4.20. The van der Waals surface area contributed by atoms with Gasteiger partial charge in [-0.3, -0.25) is 4.79 Å². The second-order valence-corrected chi connectivity index (χ2v) is 8.66. The Morgan fingerprint density at radius 1 is 1.20 bits per heavy atom. The van der Waals surface area contributed by atoms with Crippen molar-refractivity contribution < 1.29 is 22.7 Å². The third-order valence-corrected chi connectivity index (χ3v) is 7.09. The van der Waals surface area contributed by atoms with Gasteiger partial charge in [0.05, 0.1) is 14.2 Å². The van der Waals surface area contributed by atoms with E-state index in [0.717, 1.165) is 5.56 Å². The van der Waals surface area contributed by atoms with Crippen molar-refractivity contribution in [3.8, 4) is 11.5 Å². The van der Waals surface area contributed by atoms with E-state index in [1.165, 1.54) is 10.4 Å². The summed E-state index contributed by atoms with van der Waals surface area (Å²) >= 11 is 2.98. The first-order valence-corrected chi connectivity index (χ1v) is 10.4. The highest BCUT2D eigenvalue weighted by Crippen LogP contribution is 2.25. The van der Waals surface area contributed by atoms with E-state index in [2.05, 4.69) is 15.9 Å². The number of hydrogen-bond donors (Lipinski definition) is 0. The number of alkyl halides is 1. The van der Waals surface area contributed by atoms with E-state index in [0.29, 0.717) is 37.7 Å². The molecular formula is C16H21BrN2O5S. The van der Waals surface area contributed by atoms with Crippen LogP contribution in [0.2, 0.25) is 0 Å². The molecule has 1 fully saturated rings. The number of hydrogen-bond acceptors (Lipinski definition) is 5. The van der Waals surface area contributed by atoms with Gasteiger partial charge in [0.2, 0.25) is 15.9 Å². The summed E-state index contributed by atoms with van der Waals surface area (Å²) in [5, 5.41) is 0. The first-order chi connectivity index (χ1) is 11.9. The fourth-order valence-electron chi connectivity index (χ4n) is 2.48. The molecule has 1 aromatic carbocycles. The monoisotopic (exact) mass is 432 g/mol. The van der Waals surface area contributed by atoms with Crippen LogP contribution in [0.3, 0.4) is 0 Å². The summed E-state index contributed by atoms with van der Waals surface area (Å²) in [5.74, 6) is 1.12. The number of nitrogens with zero attached hydrogens (tertiary/aromatic N) is 2. The molecule has 1 aliphatic rings. The van der Waals surface area contributed by atoms with Crippen molar-refractivity contribution in [3.63, 3.8) is 0 Å². The largest absolute Gasteiger partial charge is 0.497 e. The lowest BCUT2D eigenvalue weighted by Crippen LogP contribution is -2.50. The Bertz CT molecular complexity index is 743. The van der Waals surface area contributed by atoms with Crippen LogP contribution in [0.5, 0.6) is 11.5 Å². The number of piperazine rings is 1. The van der Waals surface area contributed by atoms with E-state index < -0.39 is 10.0 Å². The van der Waals surface area contributed by atoms with Crippen LogP contribution in [0, 0.1) is 0 Å². The van der Waals surface area contributed by atoms with Gasteiger partial charge in [0.15, 0.2) is 0 Å². The molecule has 0 N–H and O–H groups in total. The minimum Gasteiger partial charge on any atom is -0.497 e. The summed E-state index contributed by atoms with van der Waals surface area (Å²) in [6, 6.07) is 5.34. The van der Waals surface area contributed by atoms with Gasteiger partial charge in [-0.1, -0.05) is 15.9 Å². The Hall–Kier alpha value is -1.58. The molecule has 0 aromatic heterocycles. The summed E-state index contributed by atoms with van der Waals surface area (Å²) in [4.78, 5) is 13.9. The Morgan fingerprint density at radius 2 is 1.88 bits per heavy atom. The average molecular weight is 433 g/mol. The van der Waals surface area contributed by atoms with E-state index in [1.54, 1.807) is 37.3 Å². The highest BCUT2D eigenvalue weighted by Gasteiger charge is 2.27. The molecule has 1 saturated heterocycles. The zero-order valence-corrected chi connectivity index (χ0v) is 16.5. The third kappa shape index (κ3) is 4.96. The molecule has 0 aliphatic carbocycles. The second-order valence-electron chi connectivity index (χ2n) is 5.39. The number of amides is 1. The summed E-state index contributed by atoms with van der Waals surface area (Å²) in [7, 11) is -0.150. The fraction of sp³-hybridized carbons (Fsp3) is 0.438. The molecule has 138 valence electrons. The number of halogens is 1. The average Bonchev–Trinajstić information content (AvgIpc) is 2.65. The van der Waals surface area contributed by atoms with Crippen LogP contribution in [0.15, 0.2) is 24.3 Å². The zero-order valence-electron chi connectivity index (χ0n) is 14.1. The number of carbonyl (C=O) groups is 1. The van der Waals surface area contributed by atoms with Gasteiger partial charge in [-0.05, 0) is 18.2 Å². The van der Waals surface area contributed by atoms with Crippen molar-refractivity contribution in [3.05, 3.63) is 29.8 Å². The quantitative estimate of drug-likeness (QED) is 0.503. The molecule has 1 aromatic rings. The highest BCUT2D eigenvalue weighted by atomic mass is 79.9. The maximum Gasteiger partial charge on any atom is 0.246 e. The second kappa shape index (κ2) is 8.68. The minimum atomic E-state index is -3.28. The van der Waals surface area contributed by atoms with Gasteiger partial charge >= 0.3 is 0 Å². The topological polar surface area (TPSA) is 76.2 Å². The van der Waals surface area contributed by atoms with E-state index in [4.69, 9.17) is 9.47 Å². The van der Waals surface area contributed by atoms with Gasteiger partial charge in [-0.25, -0.2) is 8.42 Å². The van der Waals surface area contributed by atoms with Crippen molar-refractivity contribution in [2.75, 3.05) is 45.1 Å². The van der Waals surface area contributed by atoms with E-state index >= 15 is 0 Å². The van der Waals surface area contributed by atoms with Crippen LogP contribution >= 0.6 is 15.9 Å². The lowest BCUT2D eigenvalue weighted by atomic mass is 10.1. The molecule has 0 saturated carbocycles. The predicted molar refractivity (Wildman–Crippen MR) is 99.4 cm³/mol. The van der Waals surface area contributed by atoms with Crippen molar-refractivity contribution in [1.82, 2.24) is 9.21 Å². The molecule has 0 radical (unpaired) electrons. The summed E-state index contributed by atoms with van der Waals surface area (Å²) in [5.41, 5.74) is 0.761. The number of ether oxygens (including phenoxy) is 2. The number of carbonyl (C=O) groups excluding carboxylic acids is 1. The van der Waals surface area contributed by atoms with E-state index in [9.17, 15) is 13.2 Å². The Morgan fingerprint density at radius 3 is 2.44 bits per heavy atom. The number of methoxy groups -OCH3 is 2. The van der Waals surface area contributed by atoms with Gasteiger partial charge in [0.25, 0.3) is 0 Å². The van der Waals surface area contributed by atoms with Crippen molar-refractivity contribution in [2.45, 2.75) is 0 Å². The zero-order chi connectivity index (χ0) is 18.4. The van der Waals surface area contributed by atoms with Gasteiger partial charge in [-0.2, -0.15) is 4.31 Å². The maximum absolute atomic E-state index is 12.3. The van der Waals surface area contributed by atoms with Crippen LogP contribution in [0.1, 0.15) is 5.56 Å². The molecule has 0 spiro atoms. The molecule has 25 heavy (non-hydrogen) atoms. The maximum atomic E-state index is 12.3. The Labute approximate surface area is 156 Å². The third-order valence-electron chi connectivity index (χ3n) is 3.93. The van der Waals surface area contributed by atoms with Crippen molar-refractivity contribution in [2.24, 2.45) is 0 Å². The van der Waals surface area contributed by atoms with E-state index in [-0.39, 0.29) is 10.6 Å². The summed E-state index contributed by atoms with van der Waals surface area (Å²) in [6.45, 7) is 1.35. The molecule has 0 atom stereocenters. The van der Waals surface area contributed by atoms with Gasteiger partial charge in [0.1, 0.15) is 16.2 Å². The molecule has 2 rings (SSSR count). The van der Waals surface area contributed by atoms with Crippen LogP contribution in [0.25, 0.3) is 6.08 Å². The number of benzene rings is 1. The Kier molecular flexibility index (Phi) is 6.86. The van der Waals surface area contributed by atoms with Crippen LogP contribution in [-0.4, -0.2) is 68.6 Å². The van der Waals surface area contributed by atoms with Gasteiger partial charge in [0, 0.05) is 43.9 Å². The molecular weight excluding hydrogens is 412 g/mol. The minimum absolute atomic E-state index is 0.106. The molecule has 9 heteroatoms. The van der Waals surface area contributed by atoms with Crippen LogP contribution < -0.4 is 9.47 Å². The molecule has 1 heterocycles. The first kappa shape index (κ1) is 19.7. The van der Waals surface area contributed by atoms with Crippen molar-refractivity contribution in [1.29, 1.82) is 0 Å². The van der Waals surface area contributed by atoms with Crippen LogP contribution in [-0.2, 0) is 14.8 Å². The number of sulfonamides is 1. The van der Waals surface area contributed by atoms with Gasteiger partial charge in [-0.15, -0.1) is 0 Å². The normalized spacial score (nSPS) is 16.2. The molecule has 1 aliphatic heterocycles. The molecule has 1 amide bonds. The lowest BCUT2D eigenvalue weighted by Gasteiger charge is -2.33. The number of rotatable bonds is 6. The SMILES string of the molecule is COc1ccc(/C=C/C(=O)N2CCN(S(=O)(=O)CBr)CC2)c(OC)c1. The smallest absolute Gasteiger partial charge is 0.246 e. The van der Waals surface area contributed by atoms with Crippen LogP contribution in [0.4, 0.5) is 0 Å². The first-order valence-electron chi connectivity index (χ1n) is 7.64. The summed E-state index contributed by atoms with van der Waals surface area (Å²) < 4.78 is 35.3. The summed E-state index contributed by atoms with van der Waals surface area (Å²) in [6.07, 6.45) is 3.15. The molecule has 0 bridgehead atoms. The van der Waals surface area contributed by atoms with E-state index in [1.807, 2.05) is 6.07 Å². The predicted octanol–water partition coefficient (Wildman–Crippen LogP) is 1.54. The van der Waals surface area contributed by atoms with Gasteiger partial charge < -0.3 is 14.4 Å².